The van der Waals surface area contributed by atoms with Crippen LogP contribution in [-0.2, 0) is 11.8 Å². The van der Waals surface area contributed by atoms with Crippen LogP contribution in [0.4, 0.5) is 0 Å². The van der Waals surface area contributed by atoms with Crippen molar-refractivity contribution in [2.75, 3.05) is 0 Å². The summed E-state index contributed by atoms with van der Waals surface area (Å²) >= 11 is 1.53. The predicted octanol–water partition coefficient (Wildman–Crippen LogP) is 2.34. The highest BCUT2D eigenvalue weighted by Gasteiger charge is 2.39. The molecule has 4 heteroatoms. The minimum Gasteiger partial charge on any atom is -0.327 e. The number of thiazole rings is 1. The maximum atomic E-state index is 11.9. The number of carbonyl (C=O) groups is 1. The maximum Gasteiger partial charge on any atom is 0.248 e. The zero-order valence-corrected chi connectivity index (χ0v) is 10.9. The fourth-order valence-corrected chi connectivity index (χ4v) is 4.18. The second kappa shape index (κ2) is 4.41. The number of aromatic nitrogens is 1. The Morgan fingerprint density at radius 2 is 2.41 bits per heavy atom. The van der Waals surface area contributed by atoms with Crippen LogP contribution < -0.4 is 4.80 Å². The number of hydrogen-bond acceptors (Lipinski definition) is 2. The average Bonchev–Trinajstić information content (AvgIpc) is 2.96. The summed E-state index contributed by atoms with van der Waals surface area (Å²) < 4.78 is 1.91. The van der Waals surface area contributed by atoms with Gasteiger partial charge in [0.15, 0.2) is 4.80 Å². The highest BCUT2D eigenvalue weighted by molar-refractivity contribution is 7.07. The lowest BCUT2D eigenvalue weighted by atomic mass is 9.86. The van der Waals surface area contributed by atoms with Crippen molar-refractivity contribution < 1.29 is 4.79 Å². The van der Waals surface area contributed by atoms with Gasteiger partial charge >= 0.3 is 0 Å². The van der Waals surface area contributed by atoms with Crippen LogP contribution in [-0.4, -0.2) is 10.5 Å². The largest absolute Gasteiger partial charge is 0.327 e. The Kier molecular flexibility index (Phi) is 2.90. The van der Waals surface area contributed by atoms with Crippen LogP contribution in [0.5, 0.6) is 0 Å². The highest BCUT2D eigenvalue weighted by atomic mass is 32.1. The van der Waals surface area contributed by atoms with E-state index in [4.69, 9.17) is 0 Å². The van der Waals surface area contributed by atoms with E-state index in [1.54, 1.807) is 0 Å². The zero-order valence-electron chi connectivity index (χ0n) is 10.1. The van der Waals surface area contributed by atoms with Crippen LogP contribution in [0.2, 0.25) is 0 Å². The molecule has 2 fully saturated rings. The Bertz CT molecular complexity index is 488. The zero-order chi connectivity index (χ0) is 11.8. The van der Waals surface area contributed by atoms with Crippen molar-refractivity contribution in [3.8, 4) is 0 Å². The molecule has 0 unspecified atom stereocenters. The molecule has 2 aliphatic carbocycles. The first-order valence-electron chi connectivity index (χ1n) is 6.40. The first kappa shape index (κ1) is 11.2. The molecule has 2 saturated carbocycles. The van der Waals surface area contributed by atoms with Crippen molar-refractivity contribution in [3.05, 3.63) is 16.4 Å². The second-order valence-electron chi connectivity index (χ2n) is 5.44. The fourth-order valence-electron chi connectivity index (χ4n) is 3.44. The number of amides is 1. The molecule has 3 nitrogen and oxygen atoms in total. The molecule has 2 bridgehead atoms. The quantitative estimate of drug-likeness (QED) is 0.793. The molecule has 17 heavy (non-hydrogen) atoms. The lowest BCUT2D eigenvalue weighted by molar-refractivity contribution is -0.119. The number of nitrogens with zero attached hydrogens (tertiary/aromatic N) is 2. The van der Waals surface area contributed by atoms with Gasteiger partial charge in [-0.15, -0.1) is 11.3 Å². The molecular formula is C13H18N2OS. The Balaban J connectivity index is 1.67. The van der Waals surface area contributed by atoms with Gasteiger partial charge in [0.25, 0.3) is 0 Å². The summed E-state index contributed by atoms with van der Waals surface area (Å²) in [6, 6.07) is 0. The summed E-state index contributed by atoms with van der Waals surface area (Å²) in [4.78, 5) is 16.9. The molecule has 1 aromatic rings. The van der Waals surface area contributed by atoms with Gasteiger partial charge in [0, 0.05) is 25.0 Å². The van der Waals surface area contributed by atoms with Gasteiger partial charge < -0.3 is 4.57 Å². The van der Waals surface area contributed by atoms with Crippen LogP contribution in [0.25, 0.3) is 0 Å². The monoisotopic (exact) mass is 250 g/mol. The number of hydrogen-bond donors (Lipinski definition) is 0. The SMILES string of the molecule is Cn1ccsc1=NC(=O)C[C@H]1C[C@H]2CC[C@@H]1C2. The Morgan fingerprint density at radius 1 is 1.53 bits per heavy atom. The molecule has 0 aliphatic heterocycles. The molecule has 0 N–H and O–H groups in total. The molecule has 92 valence electrons. The minimum absolute atomic E-state index is 0.0700. The number of aryl methyl sites for hydroxylation is 1. The van der Waals surface area contributed by atoms with Gasteiger partial charge in [-0.2, -0.15) is 4.99 Å². The van der Waals surface area contributed by atoms with E-state index in [9.17, 15) is 4.79 Å². The van der Waals surface area contributed by atoms with Gasteiger partial charge in [-0.25, -0.2) is 0 Å². The van der Waals surface area contributed by atoms with Crippen LogP contribution >= 0.6 is 11.3 Å². The topological polar surface area (TPSA) is 34.4 Å². The molecular weight excluding hydrogens is 232 g/mol. The normalized spacial score (nSPS) is 32.3. The molecule has 1 heterocycles. The summed E-state index contributed by atoms with van der Waals surface area (Å²) in [5, 5.41) is 1.96. The van der Waals surface area contributed by atoms with Crippen molar-refractivity contribution in [2.24, 2.45) is 29.8 Å². The van der Waals surface area contributed by atoms with Gasteiger partial charge in [-0.3, -0.25) is 4.79 Å². The van der Waals surface area contributed by atoms with E-state index in [-0.39, 0.29) is 5.91 Å². The van der Waals surface area contributed by atoms with Crippen LogP contribution in [0.3, 0.4) is 0 Å². The second-order valence-corrected chi connectivity index (χ2v) is 6.31. The van der Waals surface area contributed by atoms with Gasteiger partial charge in [0.2, 0.25) is 5.91 Å². The molecule has 1 amide bonds. The van der Waals surface area contributed by atoms with Gasteiger partial charge in [0.1, 0.15) is 0 Å². The van der Waals surface area contributed by atoms with Gasteiger partial charge in [-0.1, -0.05) is 6.42 Å². The predicted molar refractivity (Wildman–Crippen MR) is 67.4 cm³/mol. The van der Waals surface area contributed by atoms with Crippen molar-refractivity contribution in [1.82, 2.24) is 4.57 Å². The molecule has 0 spiro atoms. The summed E-state index contributed by atoms with van der Waals surface area (Å²) in [7, 11) is 1.93. The molecule has 3 atom stereocenters. The first-order chi connectivity index (χ1) is 8.22. The summed E-state index contributed by atoms with van der Waals surface area (Å²) in [6.45, 7) is 0. The fraction of sp³-hybridized carbons (Fsp3) is 0.692. The van der Waals surface area contributed by atoms with E-state index in [2.05, 4.69) is 4.99 Å². The smallest absolute Gasteiger partial charge is 0.248 e. The Labute approximate surface area is 105 Å². The first-order valence-corrected chi connectivity index (χ1v) is 7.28. The van der Waals surface area contributed by atoms with Crippen LogP contribution in [0, 0.1) is 17.8 Å². The van der Waals surface area contributed by atoms with Crippen molar-refractivity contribution in [3.63, 3.8) is 0 Å². The standard InChI is InChI=1S/C13H18N2OS/c1-15-4-5-17-13(15)14-12(16)8-11-7-9-2-3-10(11)6-9/h4-5,9-11H,2-3,6-8H2,1H3/t9-,10+,11+/m0/s1. The lowest BCUT2D eigenvalue weighted by Gasteiger charge is -2.19. The van der Waals surface area contributed by atoms with E-state index in [0.717, 1.165) is 16.6 Å². The van der Waals surface area contributed by atoms with E-state index < -0.39 is 0 Å². The maximum absolute atomic E-state index is 11.9. The molecule has 2 aliphatic rings. The third kappa shape index (κ3) is 2.23. The molecule has 0 saturated heterocycles. The molecule has 0 aromatic carbocycles. The summed E-state index contributed by atoms with van der Waals surface area (Å²) in [6.07, 6.45) is 7.97. The van der Waals surface area contributed by atoms with Crippen molar-refractivity contribution in [1.29, 1.82) is 0 Å². The Morgan fingerprint density at radius 3 is 3.00 bits per heavy atom. The minimum atomic E-state index is 0.0700. The third-order valence-electron chi connectivity index (χ3n) is 4.30. The lowest BCUT2D eigenvalue weighted by Crippen LogP contribution is -2.17. The summed E-state index contributed by atoms with van der Waals surface area (Å²) in [5.74, 6) is 2.42. The molecule has 0 radical (unpaired) electrons. The third-order valence-corrected chi connectivity index (χ3v) is 5.15. The summed E-state index contributed by atoms with van der Waals surface area (Å²) in [5.41, 5.74) is 0. The van der Waals surface area contributed by atoms with Crippen molar-refractivity contribution >= 4 is 17.2 Å². The van der Waals surface area contributed by atoms with Crippen LogP contribution in [0.15, 0.2) is 16.6 Å². The highest BCUT2D eigenvalue weighted by Crippen LogP contribution is 2.49. The Hall–Kier alpha value is -0.900. The number of fused-ring (bicyclic) bond motifs is 2. The van der Waals surface area contributed by atoms with E-state index in [1.165, 1.54) is 37.0 Å². The number of carbonyl (C=O) groups excluding carboxylic acids is 1. The van der Waals surface area contributed by atoms with Crippen molar-refractivity contribution in [2.45, 2.75) is 32.1 Å². The average molecular weight is 250 g/mol. The molecule has 1 aromatic heterocycles. The van der Waals surface area contributed by atoms with E-state index >= 15 is 0 Å². The van der Waals surface area contributed by atoms with E-state index in [1.807, 2.05) is 23.2 Å². The molecule has 3 rings (SSSR count). The van der Waals surface area contributed by atoms with Crippen LogP contribution in [0.1, 0.15) is 32.1 Å². The van der Waals surface area contributed by atoms with E-state index in [0.29, 0.717) is 12.3 Å². The number of rotatable bonds is 2. The van der Waals surface area contributed by atoms with Gasteiger partial charge in [-0.05, 0) is 37.0 Å². The van der Waals surface area contributed by atoms with Gasteiger partial charge in [0.05, 0.1) is 0 Å².